The predicted octanol–water partition coefficient (Wildman–Crippen LogP) is 6.34. The van der Waals surface area contributed by atoms with Crippen molar-refractivity contribution in [1.82, 2.24) is 4.90 Å². The van der Waals surface area contributed by atoms with Crippen LogP contribution in [0.2, 0.25) is 0 Å². The van der Waals surface area contributed by atoms with Crippen molar-refractivity contribution in [3.63, 3.8) is 0 Å². The van der Waals surface area contributed by atoms with Crippen LogP contribution in [0, 0.1) is 5.82 Å². The summed E-state index contributed by atoms with van der Waals surface area (Å²) in [5, 5.41) is 0. The molecule has 3 aromatic rings. The molecule has 0 aromatic heterocycles. The maximum atomic E-state index is 13.6. The van der Waals surface area contributed by atoms with E-state index in [9.17, 15) is 17.9 Å². The number of piperidine rings is 1. The van der Waals surface area contributed by atoms with E-state index in [4.69, 9.17) is 9.47 Å². The quantitative estimate of drug-likeness (QED) is 0.322. The van der Waals surface area contributed by atoms with Gasteiger partial charge in [-0.15, -0.1) is 0 Å². The lowest BCUT2D eigenvalue weighted by molar-refractivity contribution is -0.00111. The first kappa shape index (κ1) is 26.9. The van der Waals surface area contributed by atoms with Crippen LogP contribution in [-0.2, 0) is 22.4 Å². The number of benzene rings is 3. The minimum Gasteiger partial charge on any atom is -0.494 e. The van der Waals surface area contributed by atoms with Gasteiger partial charge in [0.1, 0.15) is 17.2 Å². The average molecular weight is 565 g/mol. The first-order valence-corrected chi connectivity index (χ1v) is 14.9. The van der Waals surface area contributed by atoms with E-state index in [0.717, 1.165) is 67.8 Å². The van der Waals surface area contributed by atoms with Crippen LogP contribution < -0.4 is 9.64 Å². The Morgan fingerprint density at radius 2 is 1.77 bits per heavy atom. The van der Waals surface area contributed by atoms with E-state index in [1.165, 1.54) is 17.7 Å². The summed E-state index contributed by atoms with van der Waals surface area (Å²) in [6, 6.07) is 17.6. The van der Waals surface area contributed by atoms with Crippen LogP contribution in [0.25, 0.3) is 11.1 Å². The van der Waals surface area contributed by atoms with Crippen molar-refractivity contribution in [3.05, 3.63) is 77.6 Å². The van der Waals surface area contributed by atoms with Crippen LogP contribution in [0.5, 0.6) is 5.75 Å². The van der Waals surface area contributed by atoms with Crippen molar-refractivity contribution in [2.75, 3.05) is 31.1 Å². The molecule has 6 rings (SSSR count). The minimum absolute atomic E-state index is 0.241. The summed E-state index contributed by atoms with van der Waals surface area (Å²) in [7, 11) is 0. The highest BCUT2D eigenvalue weighted by Crippen LogP contribution is 2.47. The van der Waals surface area contributed by atoms with Gasteiger partial charge in [-0.1, -0.05) is 12.1 Å². The summed E-state index contributed by atoms with van der Waals surface area (Å²) in [6.45, 7) is 5.32. The highest BCUT2D eigenvalue weighted by atomic mass is 32.2. The molecule has 2 heterocycles. The summed E-state index contributed by atoms with van der Waals surface area (Å²) in [4.78, 5) is 17.1. The molecule has 3 aromatic carbocycles. The molecule has 1 aliphatic carbocycles. The Labute approximate surface area is 236 Å². The Morgan fingerprint density at radius 1 is 1.07 bits per heavy atom. The molecule has 40 heavy (non-hydrogen) atoms. The molecule has 210 valence electrons. The van der Waals surface area contributed by atoms with E-state index in [0.29, 0.717) is 29.7 Å². The molecule has 1 N–H and O–H groups in total. The van der Waals surface area contributed by atoms with Crippen LogP contribution in [0.15, 0.2) is 65.6 Å². The van der Waals surface area contributed by atoms with Gasteiger partial charge in [0.15, 0.2) is 11.1 Å². The van der Waals surface area contributed by atoms with Gasteiger partial charge in [0.2, 0.25) is 0 Å². The van der Waals surface area contributed by atoms with Gasteiger partial charge in [0.25, 0.3) is 0 Å². The number of anilines is 1. The van der Waals surface area contributed by atoms with Crippen molar-refractivity contribution in [3.8, 4) is 16.9 Å². The maximum absolute atomic E-state index is 13.6. The predicted molar refractivity (Wildman–Crippen MR) is 152 cm³/mol. The second-order valence-electron chi connectivity index (χ2n) is 10.9. The summed E-state index contributed by atoms with van der Waals surface area (Å²) in [6.07, 6.45) is 3.39. The first-order valence-electron chi connectivity index (χ1n) is 13.8. The third kappa shape index (κ3) is 5.50. The van der Waals surface area contributed by atoms with Crippen LogP contribution in [0.4, 0.5) is 14.9 Å². The van der Waals surface area contributed by atoms with Gasteiger partial charge in [-0.05, 0) is 90.9 Å². The van der Waals surface area contributed by atoms with E-state index < -0.39 is 16.7 Å². The number of hydrogen-bond donors (Lipinski definition) is 1. The monoisotopic (exact) mass is 564 g/mol. The van der Waals surface area contributed by atoms with E-state index in [-0.39, 0.29) is 11.9 Å². The molecule has 2 saturated heterocycles. The Balaban J connectivity index is 1.17. The lowest BCUT2D eigenvalue weighted by atomic mass is 9.90. The Kier molecular flexibility index (Phi) is 7.37. The number of ether oxygens (including phenoxy) is 2. The third-order valence-electron chi connectivity index (χ3n) is 8.19. The number of rotatable bonds is 8. The van der Waals surface area contributed by atoms with Crippen LogP contribution in [0.3, 0.4) is 0 Å². The Bertz CT molecular complexity index is 1420. The topological polar surface area (TPSA) is 79.3 Å². The maximum Gasteiger partial charge on any atom is 0.415 e. The van der Waals surface area contributed by atoms with Gasteiger partial charge in [0, 0.05) is 43.7 Å². The van der Waals surface area contributed by atoms with Crippen LogP contribution in [0.1, 0.15) is 49.7 Å². The smallest absolute Gasteiger partial charge is 0.415 e. The number of halogens is 1. The second kappa shape index (κ2) is 11.0. The van der Waals surface area contributed by atoms with Gasteiger partial charge in [0.05, 0.1) is 18.0 Å². The average Bonchev–Trinajstić information content (AvgIpc) is 3.75. The van der Waals surface area contributed by atoms with E-state index >= 15 is 0 Å². The zero-order valence-electron chi connectivity index (χ0n) is 22.5. The summed E-state index contributed by atoms with van der Waals surface area (Å²) < 4.78 is 46.2. The number of nitrogens with zero attached hydrogens (tertiary/aromatic N) is 2. The standard InChI is InChI=1S/C31H33FN2O5S/c1-2-38-29-18-28(22-5-7-24(32)8-6-22)27(21-3-4-21)17-23(29)19-33-15-13-31(14-16-33)20-34(30(35)39-31)25-9-11-26(12-10-25)40(36)37/h5-12,17-18,21H,2-4,13-16,19-20H2,1H3,(H,36,37). The Morgan fingerprint density at radius 3 is 2.40 bits per heavy atom. The molecule has 7 nitrogen and oxygen atoms in total. The van der Waals surface area contributed by atoms with Gasteiger partial charge >= 0.3 is 6.09 Å². The largest absolute Gasteiger partial charge is 0.494 e. The van der Waals surface area contributed by atoms with Gasteiger partial charge in [-0.25, -0.2) is 13.4 Å². The fourth-order valence-corrected chi connectivity index (χ4v) is 6.22. The van der Waals surface area contributed by atoms with Gasteiger partial charge < -0.3 is 14.0 Å². The fraction of sp³-hybridized carbons (Fsp3) is 0.387. The summed E-state index contributed by atoms with van der Waals surface area (Å²) in [5.74, 6) is 1.14. The van der Waals surface area contributed by atoms with Crippen LogP contribution >= 0.6 is 0 Å². The molecule has 1 spiro atoms. The molecule has 2 aliphatic heterocycles. The summed E-state index contributed by atoms with van der Waals surface area (Å²) in [5.41, 5.74) is 4.69. The SMILES string of the molecule is CCOc1cc(-c2ccc(F)cc2)c(C2CC2)cc1CN1CCC2(CC1)CN(c1ccc(S(=O)O)cc1)C(=O)O2. The number of hydrogen-bond acceptors (Lipinski definition) is 5. The highest BCUT2D eigenvalue weighted by Gasteiger charge is 2.47. The van der Waals surface area contributed by atoms with Crippen LogP contribution in [-0.4, -0.2) is 51.6 Å². The van der Waals surface area contributed by atoms with E-state index in [1.54, 1.807) is 29.2 Å². The zero-order valence-corrected chi connectivity index (χ0v) is 23.3. The molecule has 0 radical (unpaired) electrons. The Hall–Kier alpha value is -3.27. The zero-order chi connectivity index (χ0) is 27.9. The lowest BCUT2D eigenvalue weighted by Gasteiger charge is -2.37. The molecule has 1 amide bonds. The molecule has 3 fully saturated rings. The molecule has 0 bridgehead atoms. The van der Waals surface area contributed by atoms with Crippen molar-refractivity contribution in [1.29, 1.82) is 0 Å². The number of likely N-dealkylation sites (tertiary alicyclic amines) is 1. The van der Waals surface area contributed by atoms with Gasteiger partial charge in [-0.3, -0.25) is 9.80 Å². The fourth-order valence-electron chi connectivity index (χ4n) is 5.85. The minimum atomic E-state index is -2.06. The number of carbonyl (C=O) groups excluding carboxylic acids is 1. The second-order valence-corrected chi connectivity index (χ2v) is 11.9. The third-order valence-corrected chi connectivity index (χ3v) is 8.86. The molecule has 1 unspecified atom stereocenters. The molecule has 1 saturated carbocycles. The van der Waals surface area contributed by atoms with E-state index in [1.807, 2.05) is 19.1 Å². The highest BCUT2D eigenvalue weighted by molar-refractivity contribution is 7.79. The molecule has 9 heteroatoms. The van der Waals surface area contributed by atoms with Crippen molar-refractivity contribution < 1.29 is 27.4 Å². The molecule has 3 aliphatic rings. The molecule has 1 atom stereocenters. The van der Waals surface area contributed by atoms with Crippen molar-refractivity contribution in [2.24, 2.45) is 0 Å². The van der Waals surface area contributed by atoms with Gasteiger partial charge in [-0.2, -0.15) is 0 Å². The molecular weight excluding hydrogens is 531 g/mol. The molecular formula is C31H33FN2O5S. The lowest BCUT2D eigenvalue weighted by Crippen LogP contribution is -2.46. The van der Waals surface area contributed by atoms with Crippen molar-refractivity contribution >= 4 is 22.9 Å². The normalized spacial score (nSPS) is 19.6. The number of carbonyl (C=O) groups is 1. The summed E-state index contributed by atoms with van der Waals surface area (Å²) >= 11 is -2.06. The van der Waals surface area contributed by atoms with E-state index in [2.05, 4.69) is 17.0 Å². The van der Waals surface area contributed by atoms with Crippen molar-refractivity contribution in [2.45, 2.75) is 55.6 Å². The number of amides is 1. The first-order chi connectivity index (χ1) is 19.3.